The van der Waals surface area contributed by atoms with E-state index in [1.54, 1.807) is 18.4 Å². The van der Waals surface area contributed by atoms with Gasteiger partial charge in [0.2, 0.25) is 0 Å². The number of hydrogen-bond acceptors (Lipinski definition) is 2. The Kier molecular flexibility index (Phi) is 3.34. The van der Waals surface area contributed by atoms with Crippen LogP contribution in [0.25, 0.3) is 10.1 Å². The summed E-state index contributed by atoms with van der Waals surface area (Å²) in [6, 6.07) is 4.33. The van der Waals surface area contributed by atoms with Crippen LogP contribution in [-0.2, 0) is 5.33 Å². The summed E-state index contributed by atoms with van der Waals surface area (Å²) < 4.78 is 7.95. The van der Waals surface area contributed by atoms with Crippen molar-refractivity contribution < 1.29 is 4.74 Å². The third-order valence-electron chi connectivity index (χ3n) is 2.08. The van der Waals surface area contributed by atoms with Gasteiger partial charge in [0.15, 0.2) is 0 Å². The fourth-order valence-electron chi connectivity index (χ4n) is 1.43. The van der Waals surface area contributed by atoms with E-state index in [1.807, 2.05) is 0 Å². The summed E-state index contributed by atoms with van der Waals surface area (Å²) in [7, 11) is 1.73. The summed E-state index contributed by atoms with van der Waals surface area (Å²) in [5.41, 5.74) is 1.24. The quantitative estimate of drug-likeness (QED) is 0.552. The molecule has 4 heteroatoms. The van der Waals surface area contributed by atoms with Crippen LogP contribution in [0.3, 0.4) is 0 Å². The van der Waals surface area contributed by atoms with Crippen LogP contribution in [0.2, 0.25) is 0 Å². The van der Waals surface area contributed by atoms with Gasteiger partial charge in [0.1, 0.15) is 5.75 Å². The third kappa shape index (κ3) is 1.67. The van der Waals surface area contributed by atoms with Crippen molar-refractivity contribution in [2.75, 3.05) is 7.11 Å². The second-order valence-corrected chi connectivity index (χ2v) is 5.48. The van der Waals surface area contributed by atoms with Crippen LogP contribution in [0.15, 0.2) is 17.5 Å². The first-order valence-corrected chi connectivity index (χ1v) is 7.14. The van der Waals surface area contributed by atoms with E-state index in [2.05, 4.69) is 56.0 Å². The van der Waals surface area contributed by atoms with Crippen LogP contribution >= 0.6 is 49.9 Å². The predicted octanol–water partition coefficient (Wildman–Crippen LogP) is 4.41. The zero-order valence-corrected chi connectivity index (χ0v) is 12.1. The molecule has 0 saturated heterocycles. The maximum Gasteiger partial charge on any atom is 0.141 e. The van der Waals surface area contributed by atoms with Gasteiger partial charge < -0.3 is 4.74 Å². The summed E-state index contributed by atoms with van der Waals surface area (Å²) in [5.74, 6) is 1.01. The molecule has 0 atom stereocenters. The van der Waals surface area contributed by atoms with Crippen molar-refractivity contribution in [3.05, 3.63) is 26.6 Å². The zero-order chi connectivity index (χ0) is 10.1. The van der Waals surface area contributed by atoms with Gasteiger partial charge in [-0.05, 0) is 45.5 Å². The minimum atomic E-state index is 0.836. The van der Waals surface area contributed by atoms with E-state index >= 15 is 0 Å². The maximum absolute atomic E-state index is 5.46. The Balaban J connectivity index is 2.82. The molecule has 0 radical (unpaired) electrons. The van der Waals surface area contributed by atoms with Crippen LogP contribution in [-0.4, -0.2) is 7.11 Å². The highest BCUT2D eigenvalue weighted by Crippen LogP contribution is 2.37. The molecule has 1 nitrogen and oxygen atoms in total. The Morgan fingerprint density at radius 3 is 3.00 bits per heavy atom. The highest BCUT2D eigenvalue weighted by molar-refractivity contribution is 14.1. The molecular formula is C10H8BrIOS. The number of ether oxygens (including phenoxy) is 1. The van der Waals surface area contributed by atoms with Crippen molar-refractivity contribution in [2.24, 2.45) is 0 Å². The molecule has 74 valence electrons. The molecule has 1 aromatic carbocycles. The van der Waals surface area contributed by atoms with Crippen LogP contribution in [0.1, 0.15) is 5.56 Å². The average molecular weight is 383 g/mol. The van der Waals surface area contributed by atoms with Crippen molar-refractivity contribution in [3.8, 4) is 5.75 Å². The summed E-state index contributed by atoms with van der Waals surface area (Å²) >= 11 is 7.57. The van der Waals surface area contributed by atoms with E-state index < -0.39 is 0 Å². The van der Waals surface area contributed by atoms with E-state index in [9.17, 15) is 0 Å². The smallest absolute Gasteiger partial charge is 0.141 e. The largest absolute Gasteiger partial charge is 0.495 e. The van der Waals surface area contributed by atoms with Gasteiger partial charge in [-0.15, -0.1) is 11.3 Å². The van der Waals surface area contributed by atoms with Gasteiger partial charge in [0.05, 0.1) is 11.8 Å². The van der Waals surface area contributed by atoms with E-state index in [0.29, 0.717) is 0 Å². The SMILES string of the molecule is COc1c(CBr)c(I)cc2ccsc12. The molecule has 1 heterocycles. The van der Waals surface area contributed by atoms with Crippen molar-refractivity contribution in [2.45, 2.75) is 5.33 Å². The Morgan fingerprint density at radius 2 is 2.36 bits per heavy atom. The lowest BCUT2D eigenvalue weighted by atomic mass is 10.2. The van der Waals surface area contributed by atoms with Crippen molar-refractivity contribution in [3.63, 3.8) is 0 Å². The first-order chi connectivity index (χ1) is 6.77. The molecule has 0 saturated carbocycles. The van der Waals surface area contributed by atoms with E-state index in [0.717, 1.165) is 11.1 Å². The average Bonchev–Trinajstić information content (AvgIpc) is 2.62. The molecule has 0 spiro atoms. The van der Waals surface area contributed by atoms with Gasteiger partial charge in [0, 0.05) is 14.5 Å². The predicted molar refractivity (Wildman–Crippen MR) is 73.7 cm³/mol. The first kappa shape index (κ1) is 10.7. The summed E-state index contributed by atoms with van der Waals surface area (Å²) in [6.45, 7) is 0. The fourth-order valence-corrected chi connectivity index (χ4v) is 4.21. The maximum atomic E-state index is 5.46. The van der Waals surface area contributed by atoms with Gasteiger partial charge >= 0.3 is 0 Å². The third-order valence-corrected chi connectivity index (χ3v) is 4.54. The number of rotatable bonds is 2. The number of hydrogen-bond donors (Lipinski definition) is 0. The van der Waals surface area contributed by atoms with Crippen LogP contribution in [0, 0.1) is 3.57 Å². The molecule has 0 aliphatic heterocycles. The highest BCUT2D eigenvalue weighted by Gasteiger charge is 2.12. The van der Waals surface area contributed by atoms with E-state index in [-0.39, 0.29) is 0 Å². The summed E-state index contributed by atoms with van der Waals surface area (Å²) in [5, 5.41) is 4.20. The van der Waals surface area contributed by atoms with Crippen molar-refractivity contribution in [1.29, 1.82) is 0 Å². The number of methoxy groups -OCH3 is 1. The number of benzene rings is 1. The standard InChI is InChI=1S/C10H8BrIOS/c1-13-9-7(5-11)8(12)4-6-2-3-14-10(6)9/h2-4H,5H2,1H3. The number of halogens is 2. The minimum absolute atomic E-state index is 0.836. The van der Waals surface area contributed by atoms with E-state index in [4.69, 9.17) is 4.74 Å². The second kappa shape index (κ2) is 4.37. The normalized spacial score (nSPS) is 10.8. The minimum Gasteiger partial charge on any atom is -0.495 e. The van der Waals surface area contributed by atoms with Crippen LogP contribution < -0.4 is 4.74 Å². The lowest BCUT2D eigenvalue weighted by Crippen LogP contribution is -1.92. The van der Waals surface area contributed by atoms with Gasteiger partial charge in [0.25, 0.3) is 0 Å². The van der Waals surface area contributed by atoms with Gasteiger partial charge in [-0.2, -0.15) is 0 Å². The molecule has 14 heavy (non-hydrogen) atoms. The molecule has 0 N–H and O–H groups in total. The van der Waals surface area contributed by atoms with Gasteiger partial charge in [-0.1, -0.05) is 15.9 Å². The molecule has 0 amide bonds. The lowest BCUT2D eigenvalue weighted by Gasteiger charge is -2.09. The topological polar surface area (TPSA) is 9.23 Å². The number of alkyl halides is 1. The van der Waals surface area contributed by atoms with Crippen LogP contribution in [0.4, 0.5) is 0 Å². The number of thiophene rings is 1. The summed E-state index contributed by atoms with van der Waals surface area (Å²) in [6.07, 6.45) is 0. The Morgan fingerprint density at radius 1 is 1.57 bits per heavy atom. The monoisotopic (exact) mass is 382 g/mol. The van der Waals surface area contributed by atoms with Gasteiger partial charge in [-0.25, -0.2) is 0 Å². The Bertz CT molecular complexity index is 466. The van der Waals surface area contributed by atoms with E-state index in [1.165, 1.54) is 19.2 Å². The van der Waals surface area contributed by atoms with Crippen molar-refractivity contribution >= 4 is 59.9 Å². The van der Waals surface area contributed by atoms with Gasteiger partial charge in [-0.3, -0.25) is 0 Å². The molecule has 0 aliphatic rings. The van der Waals surface area contributed by atoms with Crippen molar-refractivity contribution in [1.82, 2.24) is 0 Å². The summed E-state index contributed by atoms with van der Waals surface area (Å²) in [4.78, 5) is 0. The molecule has 0 fully saturated rings. The molecule has 2 rings (SSSR count). The Hall–Kier alpha value is 0.190. The molecule has 1 aromatic heterocycles. The van der Waals surface area contributed by atoms with Crippen LogP contribution in [0.5, 0.6) is 5.75 Å². The highest BCUT2D eigenvalue weighted by atomic mass is 127. The molecule has 0 aliphatic carbocycles. The first-order valence-electron chi connectivity index (χ1n) is 4.06. The zero-order valence-electron chi connectivity index (χ0n) is 7.51. The molecule has 0 bridgehead atoms. The Labute approximate surface area is 109 Å². The number of fused-ring (bicyclic) bond motifs is 1. The molecule has 0 unspecified atom stereocenters. The molecular weight excluding hydrogens is 375 g/mol. The molecule has 2 aromatic rings. The lowest BCUT2D eigenvalue weighted by molar-refractivity contribution is 0.417. The second-order valence-electron chi connectivity index (χ2n) is 2.84. The fraction of sp³-hybridized carbons (Fsp3) is 0.200.